The summed E-state index contributed by atoms with van der Waals surface area (Å²) in [7, 11) is 0. The lowest BCUT2D eigenvalue weighted by Gasteiger charge is -2.27. The quantitative estimate of drug-likeness (QED) is 0.646. The number of alkyl halides is 5. The van der Waals surface area contributed by atoms with Crippen molar-refractivity contribution >= 4 is 6.15 Å². The summed E-state index contributed by atoms with van der Waals surface area (Å²) >= 11 is 0. The van der Waals surface area contributed by atoms with E-state index in [0.717, 1.165) is 25.5 Å². The predicted octanol–water partition coefficient (Wildman–Crippen LogP) is 4.42. The fourth-order valence-electron chi connectivity index (χ4n) is 2.57. The molecule has 0 fully saturated rings. The number of nitrogens with zero attached hydrogens (tertiary/aromatic N) is 3. The number of aryl methyl sites for hydroxylation is 2. The summed E-state index contributed by atoms with van der Waals surface area (Å²) in [6, 6.07) is 1.14. The average molecular weight is 421 g/mol. The highest BCUT2D eigenvalue weighted by Gasteiger charge is 2.47. The molecule has 2 rings (SSSR count). The van der Waals surface area contributed by atoms with Crippen molar-refractivity contribution < 1.29 is 36.3 Å². The average Bonchev–Trinajstić information content (AvgIpc) is 2.94. The molecule has 0 saturated heterocycles. The van der Waals surface area contributed by atoms with Crippen molar-refractivity contribution in [3.63, 3.8) is 0 Å². The second-order valence-corrected chi connectivity index (χ2v) is 6.68. The Morgan fingerprint density at radius 2 is 1.79 bits per heavy atom. The molecule has 2 aromatic rings. The number of rotatable bonds is 6. The summed E-state index contributed by atoms with van der Waals surface area (Å²) in [6.07, 6.45) is -1.82. The minimum absolute atomic E-state index is 0.0203. The van der Waals surface area contributed by atoms with E-state index in [9.17, 15) is 22.0 Å². The third kappa shape index (κ3) is 6.08. The molecule has 0 bridgehead atoms. The van der Waals surface area contributed by atoms with Crippen LogP contribution in [0.2, 0.25) is 0 Å². The highest BCUT2D eigenvalue weighted by molar-refractivity contribution is 5.69. The van der Waals surface area contributed by atoms with Crippen LogP contribution in [0, 0.1) is 12.3 Å². The molecular weight excluding hydrogens is 401 g/mol. The van der Waals surface area contributed by atoms with Gasteiger partial charge in [-0.05, 0) is 19.4 Å². The Morgan fingerprint density at radius 1 is 1.21 bits per heavy atom. The van der Waals surface area contributed by atoms with Gasteiger partial charge < -0.3 is 4.74 Å². The molecule has 0 radical (unpaired) electrons. The van der Waals surface area contributed by atoms with Crippen LogP contribution < -0.4 is 4.74 Å². The van der Waals surface area contributed by atoms with Crippen molar-refractivity contribution in [1.82, 2.24) is 14.8 Å². The van der Waals surface area contributed by atoms with Crippen molar-refractivity contribution in [3.8, 4) is 17.0 Å². The van der Waals surface area contributed by atoms with Gasteiger partial charge in [-0.2, -0.15) is 36.6 Å². The molecule has 0 aliphatic rings. The highest BCUT2D eigenvalue weighted by Crippen LogP contribution is 2.41. The summed E-state index contributed by atoms with van der Waals surface area (Å²) in [5.41, 5.74) is -0.513. The van der Waals surface area contributed by atoms with Crippen LogP contribution in [0.5, 0.6) is 5.75 Å². The van der Waals surface area contributed by atoms with Crippen LogP contribution in [-0.4, -0.2) is 33.7 Å². The van der Waals surface area contributed by atoms with Crippen molar-refractivity contribution in [2.24, 2.45) is 5.41 Å². The summed E-state index contributed by atoms with van der Waals surface area (Å²) in [5, 5.41) is 4.14. The van der Waals surface area contributed by atoms with E-state index in [1.807, 2.05) is 6.92 Å². The standard InChI is InChI=1S/C17H20F5N3O.CO2/c1-5-25-14(10(2)8-24-25)12-9-23-11(6-13(12)26-15(18)19)7-16(3,4)17(20,21)22;2-1-3/h6,8-9,15H,5,7H2,1-4H3;. The van der Waals surface area contributed by atoms with E-state index >= 15 is 0 Å². The molecule has 11 heteroatoms. The SMILES string of the molecule is CCn1ncc(C)c1-c1cnc(CC(C)(C)C(F)(F)F)cc1OC(F)F.O=C=O. The van der Waals surface area contributed by atoms with Gasteiger partial charge in [0.2, 0.25) is 0 Å². The van der Waals surface area contributed by atoms with Gasteiger partial charge in [-0.15, -0.1) is 0 Å². The number of hydrogen-bond acceptors (Lipinski definition) is 5. The van der Waals surface area contributed by atoms with Gasteiger partial charge in [0.25, 0.3) is 0 Å². The lowest BCUT2D eigenvalue weighted by molar-refractivity contribution is -0.211. The monoisotopic (exact) mass is 421 g/mol. The Hall–Kier alpha value is -2.81. The van der Waals surface area contributed by atoms with Crippen LogP contribution >= 0.6 is 0 Å². The second kappa shape index (κ2) is 9.60. The largest absolute Gasteiger partial charge is 0.434 e. The van der Waals surface area contributed by atoms with Crippen LogP contribution in [-0.2, 0) is 22.6 Å². The molecule has 0 N–H and O–H groups in total. The van der Waals surface area contributed by atoms with Gasteiger partial charge in [-0.1, -0.05) is 13.8 Å². The number of pyridine rings is 1. The minimum atomic E-state index is -4.45. The Kier molecular flexibility index (Phi) is 8.02. The zero-order valence-corrected chi connectivity index (χ0v) is 16.2. The van der Waals surface area contributed by atoms with Gasteiger partial charge in [0, 0.05) is 30.9 Å². The van der Waals surface area contributed by atoms with Crippen molar-refractivity contribution in [2.45, 2.75) is 53.4 Å². The summed E-state index contributed by atoms with van der Waals surface area (Å²) in [5.74, 6) is -0.221. The van der Waals surface area contributed by atoms with E-state index in [1.54, 1.807) is 17.8 Å². The number of carbonyl (C=O) groups excluding carboxylic acids is 2. The third-order valence-corrected chi connectivity index (χ3v) is 4.11. The van der Waals surface area contributed by atoms with E-state index in [1.165, 1.54) is 6.20 Å². The number of ether oxygens (including phenoxy) is 1. The zero-order chi connectivity index (χ0) is 22.4. The number of halogens is 5. The molecule has 0 amide bonds. The Bertz CT molecular complexity index is 857. The molecule has 160 valence electrons. The molecule has 0 unspecified atom stereocenters. The molecule has 2 heterocycles. The summed E-state index contributed by atoms with van der Waals surface area (Å²) in [6.45, 7) is 3.02. The molecule has 0 spiro atoms. The van der Waals surface area contributed by atoms with Crippen molar-refractivity contribution in [3.05, 3.63) is 29.7 Å². The Morgan fingerprint density at radius 3 is 2.28 bits per heavy atom. The maximum atomic E-state index is 13.1. The topological polar surface area (TPSA) is 74.1 Å². The van der Waals surface area contributed by atoms with Crippen LogP contribution in [0.1, 0.15) is 32.0 Å². The molecule has 2 aromatic heterocycles. The molecule has 0 aromatic carbocycles. The fourth-order valence-corrected chi connectivity index (χ4v) is 2.57. The number of aromatic nitrogens is 3. The van der Waals surface area contributed by atoms with Crippen LogP contribution in [0.15, 0.2) is 18.5 Å². The summed E-state index contributed by atoms with van der Waals surface area (Å²) < 4.78 is 71.1. The first-order chi connectivity index (χ1) is 13.4. The molecule has 6 nitrogen and oxygen atoms in total. The van der Waals surface area contributed by atoms with E-state index in [0.29, 0.717) is 12.2 Å². The number of hydrogen-bond donors (Lipinski definition) is 0. The molecular formula is C18H20F5N3O3. The normalized spacial score (nSPS) is 11.7. The second-order valence-electron chi connectivity index (χ2n) is 6.68. The van der Waals surface area contributed by atoms with E-state index in [-0.39, 0.29) is 23.2 Å². The van der Waals surface area contributed by atoms with Crippen LogP contribution in [0.3, 0.4) is 0 Å². The smallest absolute Gasteiger partial charge is 0.394 e. The highest BCUT2D eigenvalue weighted by atomic mass is 19.4. The zero-order valence-electron chi connectivity index (χ0n) is 16.2. The van der Waals surface area contributed by atoms with E-state index in [2.05, 4.69) is 14.8 Å². The fraction of sp³-hybridized carbons (Fsp3) is 0.500. The maximum Gasteiger partial charge on any atom is 0.394 e. The Balaban J connectivity index is 0.00000132. The lowest BCUT2D eigenvalue weighted by atomic mass is 9.86. The summed E-state index contributed by atoms with van der Waals surface area (Å²) in [4.78, 5) is 20.3. The van der Waals surface area contributed by atoms with Crippen LogP contribution in [0.4, 0.5) is 22.0 Å². The molecule has 0 saturated carbocycles. The maximum absolute atomic E-state index is 13.1. The lowest BCUT2D eigenvalue weighted by Crippen LogP contribution is -2.34. The van der Waals surface area contributed by atoms with E-state index in [4.69, 9.17) is 9.59 Å². The molecule has 0 aliphatic carbocycles. The van der Waals surface area contributed by atoms with Gasteiger partial charge in [0.05, 0.1) is 22.9 Å². The predicted molar refractivity (Wildman–Crippen MR) is 91.0 cm³/mol. The van der Waals surface area contributed by atoms with Gasteiger partial charge in [-0.3, -0.25) is 9.67 Å². The van der Waals surface area contributed by atoms with Crippen LogP contribution in [0.25, 0.3) is 11.3 Å². The third-order valence-electron chi connectivity index (χ3n) is 4.11. The first-order valence-electron chi connectivity index (χ1n) is 8.40. The van der Waals surface area contributed by atoms with Crippen molar-refractivity contribution in [1.29, 1.82) is 0 Å². The first kappa shape index (κ1) is 24.2. The molecule has 0 aliphatic heterocycles. The van der Waals surface area contributed by atoms with Crippen molar-refractivity contribution in [2.75, 3.05) is 0 Å². The van der Waals surface area contributed by atoms with Gasteiger partial charge >= 0.3 is 18.9 Å². The van der Waals surface area contributed by atoms with Gasteiger partial charge in [0.15, 0.2) is 0 Å². The van der Waals surface area contributed by atoms with Gasteiger partial charge in [0.1, 0.15) is 5.75 Å². The molecule has 29 heavy (non-hydrogen) atoms. The van der Waals surface area contributed by atoms with Gasteiger partial charge in [-0.25, -0.2) is 0 Å². The first-order valence-corrected chi connectivity index (χ1v) is 8.40. The Labute approximate surface area is 163 Å². The van der Waals surface area contributed by atoms with E-state index < -0.39 is 24.6 Å². The minimum Gasteiger partial charge on any atom is -0.434 e. The molecule has 0 atom stereocenters.